The minimum atomic E-state index is -0.500. The molecule has 0 bridgehead atoms. The third-order valence-electron chi connectivity index (χ3n) is 2.88. The fourth-order valence-corrected chi connectivity index (χ4v) is 1.93. The van der Waals surface area contributed by atoms with Crippen molar-refractivity contribution >= 4 is 11.8 Å². The van der Waals surface area contributed by atoms with E-state index in [1.807, 2.05) is 20.8 Å². The summed E-state index contributed by atoms with van der Waals surface area (Å²) in [5.41, 5.74) is -0.279. The van der Waals surface area contributed by atoms with Gasteiger partial charge in [-0.3, -0.25) is 9.59 Å². The first-order valence-electron chi connectivity index (χ1n) is 6.65. The maximum atomic E-state index is 11.9. The second-order valence-electron chi connectivity index (χ2n) is 5.97. The predicted molar refractivity (Wildman–Crippen MR) is 71.1 cm³/mol. The van der Waals surface area contributed by atoms with Crippen molar-refractivity contribution in [1.82, 2.24) is 16.0 Å². The van der Waals surface area contributed by atoms with E-state index in [1.54, 1.807) is 6.92 Å². The molecule has 1 unspecified atom stereocenters. The van der Waals surface area contributed by atoms with Gasteiger partial charge in [0.25, 0.3) is 0 Å². The van der Waals surface area contributed by atoms with Crippen LogP contribution in [0.2, 0.25) is 0 Å². The van der Waals surface area contributed by atoms with E-state index in [1.165, 1.54) is 0 Å². The van der Waals surface area contributed by atoms with E-state index in [2.05, 4.69) is 16.0 Å². The van der Waals surface area contributed by atoms with Gasteiger partial charge in [0.15, 0.2) is 0 Å². The van der Waals surface area contributed by atoms with Crippen LogP contribution in [0.1, 0.15) is 47.0 Å². The standard InChI is InChI=1S/C13H25N3O2/c1-9(11(17)16-13(2,3)4)15-12(18)10-7-5-6-8-14-10/h9-10,14H,5-8H2,1-4H3,(H,15,18)(H,16,17)/t9?,10-/m1/s1. The molecule has 0 aliphatic carbocycles. The second-order valence-corrected chi connectivity index (χ2v) is 5.97. The quantitative estimate of drug-likeness (QED) is 0.689. The van der Waals surface area contributed by atoms with Gasteiger partial charge in [0.2, 0.25) is 11.8 Å². The first-order valence-corrected chi connectivity index (χ1v) is 6.65. The monoisotopic (exact) mass is 255 g/mol. The van der Waals surface area contributed by atoms with Gasteiger partial charge in [0, 0.05) is 5.54 Å². The van der Waals surface area contributed by atoms with E-state index < -0.39 is 6.04 Å². The highest BCUT2D eigenvalue weighted by Crippen LogP contribution is 2.07. The Labute approximate surface area is 109 Å². The van der Waals surface area contributed by atoms with E-state index in [9.17, 15) is 9.59 Å². The van der Waals surface area contributed by atoms with Crippen LogP contribution in [0, 0.1) is 0 Å². The number of hydrogen-bond acceptors (Lipinski definition) is 3. The fourth-order valence-electron chi connectivity index (χ4n) is 1.93. The van der Waals surface area contributed by atoms with Crippen molar-refractivity contribution in [3.05, 3.63) is 0 Å². The van der Waals surface area contributed by atoms with E-state index >= 15 is 0 Å². The van der Waals surface area contributed by atoms with Crippen molar-refractivity contribution in [2.45, 2.75) is 64.6 Å². The fraction of sp³-hybridized carbons (Fsp3) is 0.846. The van der Waals surface area contributed by atoms with Gasteiger partial charge in [0.1, 0.15) is 6.04 Å². The zero-order chi connectivity index (χ0) is 13.8. The molecule has 5 heteroatoms. The lowest BCUT2D eigenvalue weighted by Crippen LogP contribution is -2.55. The molecule has 0 aromatic heterocycles. The number of nitrogens with one attached hydrogen (secondary N) is 3. The van der Waals surface area contributed by atoms with Crippen molar-refractivity contribution < 1.29 is 9.59 Å². The average Bonchev–Trinajstić information content (AvgIpc) is 2.27. The molecule has 1 fully saturated rings. The van der Waals surface area contributed by atoms with Crippen molar-refractivity contribution in [2.75, 3.05) is 6.54 Å². The molecule has 2 atom stereocenters. The summed E-state index contributed by atoms with van der Waals surface area (Å²) < 4.78 is 0. The van der Waals surface area contributed by atoms with Gasteiger partial charge in [-0.05, 0) is 47.1 Å². The molecule has 1 saturated heterocycles. The lowest BCUT2D eigenvalue weighted by molar-refractivity contribution is -0.130. The molecular weight excluding hydrogens is 230 g/mol. The molecule has 18 heavy (non-hydrogen) atoms. The molecule has 1 aliphatic heterocycles. The Hall–Kier alpha value is -1.10. The highest BCUT2D eigenvalue weighted by Gasteiger charge is 2.25. The number of hydrogen-bond donors (Lipinski definition) is 3. The van der Waals surface area contributed by atoms with Crippen molar-refractivity contribution in [3.63, 3.8) is 0 Å². The Morgan fingerprint density at radius 1 is 1.28 bits per heavy atom. The SMILES string of the molecule is CC(NC(=O)[C@H]1CCCCN1)C(=O)NC(C)(C)C. The molecule has 0 aromatic carbocycles. The molecule has 5 nitrogen and oxygen atoms in total. The number of piperidine rings is 1. The van der Waals surface area contributed by atoms with Gasteiger partial charge in [-0.25, -0.2) is 0 Å². The van der Waals surface area contributed by atoms with E-state index in [-0.39, 0.29) is 23.4 Å². The van der Waals surface area contributed by atoms with Crippen LogP contribution in [0.5, 0.6) is 0 Å². The molecule has 0 spiro atoms. The van der Waals surface area contributed by atoms with Gasteiger partial charge >= 0.3 is 0 Å². The van der Waals surface area contributed by atoms with Crippen molar-refractivity contribution in [2.24, 2.45) is 0 Å². The Morgan fingerprint density at radius 2 is 1.94 bits per heavy atom. The van der Waals surface area contributed by atoms with Crippen LogP contribution in [0.3, 0.4) is 0 Å². The number of amides is 2. The largest absolute Gasteiger partial charge is 0.350 e. The van der Waals surface area contributed by atoms with Gasteiger partial charge in [-0.15, -0.1) is 0 Å². The first-order chi connectivity index (χ1) is 8.29. The predicted octanol–water partition coefficient (Wildman–Crippen LogP) is 0.548. The van der Waals surface area contributed by atoms with Crippen molar-refractivity contribution in [1.29, 1.82) is 0 Å². The third kappa shape index (κ3) is 5.04. The zero-order valence-electron chi connectivity index (χ0n) is 11.8. The molecule has 0 aromatic rings. The average molecular weight is 255 g/mol. The molecule has 2 amide bonds. The summed E-state index contributed by atoms with van der Waals surface area (Å²) in [4.78, 5) is 23.8. The van der Waals surface area contributed by atoms with Gasteiger partial charge in [-0.2, -0.15) is 0 Å². The number of rotatable bonds is 3. The Morgan fingerprint density at radius 3 is 2.44 bits per heavy atom. The maximum Gasteiger partial charge on any atom is 0.242 e. The molecule has 104 valence electrons. The summed E-state index contributed by atoms with van der Waals surface area (Å²) in [6, 6.07) is -0.649. The van der Waals surface area contributed by atoms with Crippen molar-refractivity contribution in [3.8, 4) is 0 Å². The summed E-state index contributed by atoms with van der Waals surface area (Å²) >= 11 is 0. The molecule has 1 rings (SSSR count). The highest BCUT2D eigenvalue weighted by atomic mass is 16.2. The Balaban J connectivity index is 2.41. The molecule has 3 N–H and O–H groups in total. The lowest BCUT2D eigenvalue weighted by Gasteiger charge is -2.26. The van der Waals surface area contributed by atoms with Crippen LogP contribution >= 0.6 is 0 Å². The van der Waals surface area contributed by atoms with Gasteiger partial charge in [-0.1, -0.05) is 6.42 Å². The first kappa shape index (κ1) is 15.0. The Bertz CT molecular complexity index is 304. The summed E-state index contributed by atoms with van der Waals surface area (Å²) in [5.74, 6) is -0.224. The second kappa shape index (κ2) is 6.18. The van der Waals surface area contributed by atoms with Crippen LogP contribution in [-0.4, -0.2) is 36.0 Å². The van der Waals surface area contributed by atoms with Crippen LogP contribution in [0.15, 0.2) is 0 Å². The summed E-state index contributed by atoms with van der Waals surface area (Å²) in [6.07, 6.45) is 3.02. The lowest BCUT2D eigenvalue weighted by atomic mass is 10.0. The van der Waals surface area contributed by atoms with E-state index in [0.29, 0.717) is 0 Å². The summed E-state index contributed by atoms with van der Waals surface area (Å²) in [7, 11) is 0. The normalized spacial score (nSPS) is 22.1. The van der Waals surface area contributed by atoms with E-state index in [0.717, 1.165) is 25.8 Å². The molecule has 0 saturated carbocycles. The molecule has 1 aliphatic rings. The minimum absolute atomic E-state index is 0.0775. The number of carbonyl (C=O) groups excluding carboxylic acids is 2. The number of carbonyl (C=O) groups is 2. The topological polar surface area (TPSA) is 70.2 Å². The third-order valence-corrected chi connectivity index (χ3v) is 2.88. The summed E-state index contributed by atoms with van der Waals surface area (Å²) in [5, 5.41) is 8.78. The van der Waals surface area contributed by atoms with Gasteiger partial charge < -0.3 is 16.0 Å². The molecule has 0 radical (unpaired) electrons. The maximum absolute atomic E-state index is 11.9. The highest BCUT2D eigenvalue weighted by molar-refractivity contribution is 5.89. The minimum Gasteiger partial charge on any atom is -0.350 e. The van der Waals surface area contributed by atoms with Crippen LogP contribution in [0.25, 0.3) is 0 Å². The summed E-state index contributed by atoms with van der Waals surface area (Å²) in [6.45, 7) is 8.34. The molecule has 1 heterocycles. The molecular formula is C13H25N3O2. The van der Waals surface area contributed by atoms with Crippen LogP contribution < -0.4 is 16.0 Å². The van der Waals surface area contributed by atoms with Crippen LogP contribution in [0.4, 0.5) is 0 Å². The van der Waals surface area contributed by atoms with Crippen LogP contribution in [-0.2, 0) is 9.59 Å². The van der Waals surface area contributed by atoms with E-state index in [4.69, 9.17) is 0 Å². The Kier molecular flexibility index (Phi) is 5.14. The van der Waals surface area contributed by atoms with Gasteiger partial charge in [0.05, 0.1) is 6.04 Å². The zero-order valence-corrected chi connectivity index (χ0v) is 11.8. The smallest absolute Gasteiger partial charge is 0.242 e.